The van der Waals surface area contributed by atoms with Gasteiger partial charge in [0.1, 0.15) is 0 Å². The second-order valence-electron chi connectivity index (χ2n) is 5.22. The van der Waals surface area contributed by atoms with Crippen LogP contribution >= 0.6 is 0 Å². The lowest BCUT2D eigenvalue weighted by atomic mass is 10.2. The van der Waals surface area contributed by atoms with Crippen molar-refractivity contribution in [2.24, 2.45) is 5.92 Å². The predicted molar refractivity (Wildman–Crippen MR) is 82.0 cm³/mol. The first-order valence-electron chi connectivity index (χ1n) is 7.19. The molecule has 0 radical (unpaired) electrons. The highest BCUT2D eigenvalue weighted by Crippen LogP contribution is 2.05. The van der Waals surface area contributed by atoms with E-state index in [1.807, 2.05) is 30.3 Å². The third-order valence-electron chi connectivity index (χ3n) is 3.30. The molecule has 0 saturated heterocycles. The van der Waals surface area contributed by atoms with E-state index in [-0.39, 0.29) is 24.8 Å². The van der Waals surface area contributed by atoms with Crippen molar-refractivity contribution in [3.8, 4) is 0 Å². The SMILES string of the molecule is CC(=O)N(CCC(=O)NCC(C)C(=O)O)Cc1ccccc1. The molecule has 1 aromatic carbocycles. The maximum atomic E-state index is 11.7. The molecule has 6 nitrogen and oxygen atoms in total. The number of carbonyl (C=O) groups is 3. The zero-order valence-corrected chi connectivity index (χ0v) is 12.9. The number of rotatable bonds is 8. The maximum Gasteiger partial charge on any atom is 0.308 e. The van der Waals surface area contributed by atoms with Crippen LogP contribution in [0.25, 0.3) is 0 Å². The van der Waals surface area contributed by atoms with Crippen LogP contribution in [0.2, 0.25) is 0 Å². The number of aliphatic carboxylic acids is 1. The molecule has 1 rings (SSSR count). The molecule has 0 aliphatic carbocycles. The Morgan fingerprint density at radius 2 is 1.86 bits per heavy atom. The second kappa shape index (κ2) is 8.81. The summed E-state index contributed by atoms with van der Waals surface area (Å²) >= 11 is 0. The van der Waals surface area contributed by atoms with Gasteiger partial charge in [0.2, 0.25) is 11.8 Å². The van der Waals surface area contributed by atoms with Crippen molar-refractivity contribution in [1.29, 1.82) is 0 Å². The minimum Gasteiger partial charge on any atom is -0.481 e. The summed E-state index contributed by atoms with van der Waals surface area (Å²) in [6.07, 6.45) is 0.152. The molecule has 6 heteroatoms. The molecule has 0 aromatic heterocycles. The van der Waals surface area contributed by atoms with Crippen molar-refractivity contribution in [1.82, 2.24) is 10.2 Å². The summed E-state index contributed by atoms with van der Waals surface area (Å²) in [4.78, 5) is 35.6. The second-order valence-corrected chi connectivity index (χ2v) is 5.22. The van der Waals surface area contributed by atoms with Crippen LogP contribution in [0.4, 0.5) is 0 Å². The Morgan fingerprint density at radius 3 is 2.41 bits per heavy atom. The first kappa shape index (κ1) is 17.7. The van der Waals surface area contributed by atoms with Gasteiger partial charge in [0.05, 0.1) is 5.92 Å². The fraction of sp³-hybridized carbons (Fsp3) is 0.438. The smallest absolute Gasteiger partial charge is 0.308 e. The number of nitrogens with one attached hydrogen (secondary N) is 1. The standard InChI is InChI=1S/C16H22N2O4/c1-12(16(21)22)10-17-15(20)8-9-18(13(2)19)11-14-6-4-3-5-7-14/h3-7,12H,8-11H2,1-2H3,(H,17,20)(H,21,22). The molecule has 2 N–H and O–H groups in total. The zero-order valence-electron chi connectivity index (χ0n) is 12.9. The molecule has 1 aromatic rings. The lowest BCUT2D eigenvalue weighted by Crippen LogP contribution is -2.35. The van der Waals surface area contributed by atoms with Gasteiger partial charge >= 0.3 is 5.97 Å². The van der Waals surface area contributed by atoms with Crippen LogP contribution in [0.5, 0.6) is 0 Å². The molecule has 0 saturated carbocycles. The lowest BCUT2D eigenvalue weighted by molar-refractivity contribution is -0.141. The Morgan fingerprint density at radius 1 is 1.23 bits per heavy atom. The average Bonchev–Trinajstić information content (AvgIpc) is 2.49. The van der Waals surface area contributed by atoms with Crippen molar-refractivity contribution < 1.29 is 19.5 Å². The van der Waals surface area contributed by atoms with Gasteiger partial charge in [0.25, 0.3) is 0 Å². The van der Waals surface area contributed by atoms with Gasteiger partial charge in [0, 0.05) is 33.0 Å². The molecule has 0 heterocycles. The van der Waals surface area contributed by atoms with Gasteiger partial charge in [-0.3, -0.25) is 14.4 Å². The van der Waals surface area contributed by atoms with Crippen LogP contribution in [0.15, 0.2) is 30.3 Å². The number of hydrogen-bond donors (Lipinski definition) is 2. The highest BCUT2D eigenvalue weighted by atomic mass is 16.4. The van der Waals surface area contributed by atoms with Gasteiger partial charge in [-0.1, -0.05) is 37.3 Å². The third kappa shape index (κ3) is 6.39. The Hall–Kier alpha value is -2.37. The molecule has 2 amide bonds. The van der Waals surface area contributed by atoms with E-state index in [1.165, 1.54) is 13.8 Å². The van der Waals surface area contributed by atoms with E-state index in [1.54, 1.807) is 4.90 Å². The zero-order chi connectivity index (χ0) is 16.5. The minimum absolute atomic E-state index is 0.0902. The van der Waals surface area contributed by atoms with E-state index >= 15 is 0 Å². The van der Waals surface area contributed by atoms with E-state index in [2.05, 4.69) is 5.32 Å². The summed E-state index contributed by atoms with van der Waals surface area (Å²) in [6.45, 7) is 3.84. The number of carboxylic acids is 1. The van der Waals surface area contributed by atoms with Gasteiger partial charge in [0.15, 0.2) is 0 Å². The number of nitrogens with zero attached hydrogens (tertiary/aromatic N) is 1. The van der Waals surface area contributed by atoms with Crippen LogP contribution in [0.1, 0.15) is 25.8 Å². The van der Waals surface area contributed by atoms with Crippen molar-refractivity contribution in [2.75, 3.05) is 13.1 Å². The number of amides is 2. The molecule has 120 valence electrons. The number of carboxylic acid groups (broad SMARTS) is 1. The first-order valence-corrected chi connectivity index (χ1v) is 7.19. The molecule has 0 aliphatic heterocycles. The highest BCUT2D eigenvalue weighted by Gasteiger charge is 2.14. The fourth-order valence-electron chi connectivity index (χ4n) is 1.83. The molecule has 1 atom stereocenters. The van der Waals surface area contributed by atoms with Gasteiger partial charge < -0.3 is 15.3 Å². The number of carbonyl (C=O) groups excluding carboxylic acids is 2. The molecule has 1 unspecified atom stereocenters. The summed E-state index contributed by atoms with van der Waals surface area (Å²) < 4.78 is 0. The number of benzene rings is 1. The lowest BCUT2D eigenvalue weighted by Gasteiger charge is -2.21. The highest BCUT2D eigenvalue weighted by molar-refractivity contribution is 5.78. The average molecular weight is 306 g/mol. The molecule has 0 fully saturated rings. The molecule has 0 aliphatic rings. The summed E-state index contributed by atoms with van der Waals surface area (Å²) in [5, 5.41) is 11.3. The predicted octanol–water partition coefficient (Wildman–Crippen LogP) is 1.26. The van der Waals surface area contributed by atoms with Crippen LogP contribution in [0.3, 0.4) is 0 Å². The summed E-state index contributed by atoms with van der Waals surface area (Å²) in [5.41, 5.74) is 0.998. The molecular formula is C16H22N2O4. The van der Waals surface area contributed by atoms with Crippen molar-refractivity contribution in [3.63, 3.8) is 0 Å². The van der Waals surface area contributed by atoms with Gasteiger partial charge in [-0.05, 0) is 5.56 Å². The van der Waals surface area contributed by atoms with Gasteiger partial charge in [-0.2, -0.15) is 0 Å². The van der Waals surface area contributed by atoms with Gasteiger partial charge in [-0.15, -0.1) is 0 Å². The van der Waals surface area contributed by atoms with E-state index in [0.29, 0.717) is 13.1 Å². The van der Waals surface area contributed by atoms with E-state index in [9.17, 15) is 14.4 Å². The monoisotopic (exact) mass is 306 g/mol. The normalized spacial score (nSPS) is 11.5. The Balaban J connectivity index is 2.43. The van der Waals surface area contributed by atoms with Crippen molar-refractivity contribution in [3.05, 3.63) is 35.9 Å². The summed E-state index contributed by atoms with van der Waals surface area (Å²) in [5.74, 6) is -1.94. The Labute approximate surface area is 130 Å². The molecule has 0 bridgehead atoms. The number of hydrogen-bond acceptors (Lipinski definition) is 3. The van der Waals surface area contributed by atoms with Crippen molar-refractivity contribution >= 4 is 17.8 Å². The first-order chi connectivity index (χ1) is 10.4. The summed E-state index contributed by atoms with van der Waals surface area (Å²) in [6, 6.07) is 9.54. The Kier molecular flexibility index (Phi) is 7.08. The fourth-order valence-corrected chi connectivity index (χ4v) is 1.83. The molecular weight excluding hydrogens is 284 g/mol. The molecule has 0 spiro atoms. The van der Waals surface area contributed by atoms with E-state index in [4.69, 9.17) is 5.11 Å². The quantitative estimate of drug-likeness (QED) is 0.757. The summed E-state index contributed by atoms with van der Waals surface area (Å²) in [7, 11) is 0. The maximum absolute atomic E-state index is 11.7. The van der Waals surface area contributed by atoms with Crippen molar-refractivity contribution in [2.45, 2.75) is 26.8 Å². The van der Waals surface area contributed by atoms with Crippen LogP contribution in [0, 0.1) is 5.92 Å². The van der Waals surface area contributed by atoms with Crippen LogP contribution in [-0.4, -0.2) is 40.9 Å². The third-order valence-corrected chi connectivity index (χ3v) is 3.30. The molecule has 22 heavy (non-hydrogen) atoms. The van der Waals surface area contributed by atoms with Crippen LogP contribution < -0.4 is 5.32 Å². The minimum atomic E-state index is -0.949. The largest absolute Gasteiger partial charge is 0.481 e. The topological polar surface area (TPSA) is 86.7 Å². The Bertz CT molecular complexity index is 516. The van der Waals surface area contributed by atoms with E-state index in [0.717, 1.165) is 5.56 Å². The van der Waals surface area contributed by atoms with E-state index < -0.39 is 11.9 Å². The van der Waals surface area contributed by atoms with Crippen LogP contribution in [-0.2, 0) is 20.9 Å². The van der Waals surface area contributed by atoms with Gasteiger partial charge in [-0.25, -0.2) is 0 Å².